The summed E-state index contributed by atoms with van der Waals surface area (Å²) >= 11 is 0. The van der Waals surface area contributed by atoms with Crippen LogP contribution in [0.3, 0.4) is 0 Å². The molecule has 1 aliphatic carbocycles. The third-order valence-corrected chi connectivity index (χ3v) is 9.60. The molecule has 1 aliphatic rings. The van der Waals surface area contributed by atoms with Crippen LogP contribution in [0.5, 0.6) is 0 Å². The molecule has 44 heavy (non-hydrogen) atoms. The summed E-state index contributed by atoms with van der Waals surface area (Å²) in [6.45, 7) is 22.4. The molecule has 2 heterocycles. The van der Waals surface area contributed by atoms with Gasteiger partial charge in [0.25, 0.3) is 0 Å². The van der Waals surface area contributed by atoms with Gasteiger partial charge in [-0.2, -0.15) is 0 Å². The fraction of sp³-hybridized carbons (Fsp3) is 0.317. The molecule has 0 N–H and O–H groups in total. The smallest absolute Gasteiger partial charge is 0.0192 e. The van der Waals surface area contributed by atoms with Gasteiger partial charge in [-0.05, 0) is 69.8 Å². The van der Waals surface area contributed by atoms with Crippen LogP contribution in [0, 0.1) is 32.9 Å². The van der Waals surface area contributed by atoms with Gasteiger partial charge in [0.1, 0.15) is 0 Å². The van der Waals surface area contributed by atoms with Gasteiger partial charge in [0.15, 0.2) is 0 Å². The zero-order valence-electron chi connectivity index (χ0n) is 27.8. The van der Waals surface area contributed by atoms with Gasteiger partial charge in [0.05, 0.1) is 0 Å². The first-order valence-electron chi connectivity index (χ1n) is 15.2. The number of aromatic nitrogens is 2. The van der Waals surface area contributed by atoms with Gasteiger partial charge in [-0.15, -0.1) is 64.7 Å². The largest absolute Gasteiger partial charge is 0.305 e. The maximum Gasteiger partial charge on any atom is 0.0192 e. The molecule has 0 unspecified atom stereocenters. The average Bonchev–Trinajstić information content (AvgIpc) is 2.98. The van der Waals surface area contributed by atoms with Gasteiger partial charge < -0.3 is 9.97 Å². The number of benzene rings is 3. The standard InChI is InChI=1S/C27H30N.C14H14N.Ir/c1-25(2,3)19-14-15-28-24(17-19)18-12-13-23-21(16-18)20-10-8-9-11-22(20)26(4,5)27(23,6)7;1-10-4-6-13(7-5-10)14-8-11(2)12(3)9-15-14;/h8-11,13-17H,1-7H3;4-6,8-9H,1-3H3;/q2*-1;. The number of nitrogens with zero attached hydrogens (tertiary/aromatic N) is 2. The molecule has 2 nitrogen and oxygen atoms in total. The molecule has 5 aromatic rings. The molecule has 6 rings (SSSR count). The molecular weight excluding hydrogens is 713 g/mol. The molecule has 0 spiro atoms. The molecule has 3 aromatic carbocycles. The molecule has 0 bridgehead atoms. The van der Waals surface area contributed by atoms with E-state index in [2.05, 4.69) is 158 Å². The minimum absolute atomic E-state index is 0. The zero-order valence-corrected chi connectivity index (χ0v) is 30.2. The summed E-state index contributed by atoms with van der Waals surface area (Å²) < 4.78 is 0. The van der Waals surface area contributed by atoms with Crippen molar-refractivity contribution in [3.05, 3.63) is 131 Å². The normalized spacial score (nSPS) is 14.3. The second-order valence-electron chi connectivity index (χ2n) is 14.1. The third kappa shape index (κ3) is 6.37. The van der Waals surface area contributed by atoms with E-state index in [-0.39, 0.29) is 36.4 Å². The van der Waals surface area contributed by atoms with Crippen LogP contribution in [0.4, 0.5) is 0 Å². The van der Waals surface area contributed by atoms with Gasteiger partial charge in [-0.3, -0.25) is 0 Å². The van der Waals surface area contributed by atoms with Crippen LogP contribution in [-0.2, 0) is 36.4 Å². The summed E-state index contributed by atoms with van der Waals surface area (Å²) in [6, 6.07) is 32.7. The van der Waals surface area contributed by atoms with Crippen molar-refractivity contribution in [3.63, 3.8) is 0 Å². The van der Waals surface area contributed by atoms with Crippen LogP contribution in [0.15, 0.2) is 85.2 Å². The Morgan fingerprint density at radius 2 is 1.30 bits per heavy atom. The SMILES string of the molecule is CC(C)(C)c1ccnc(-c2[c-]cc3c(c2)-c2ccccc2C(C)(C)C3(C)C)c1.Cc1c[c-]c(-c2cc(C)c(C)cn2)cc1.[Ir]. The molecule has 3 heteroatoms. The molecule has 0 aliphatic heterocycles. The van der Waals surface area contributed by atoms with Crippen LogP contribution in [0.2, 0.25) is 0 Å². The molecule has 229 valence electrons. The molecule has 1 radical (unpaired) electrons. The monoisotopic (exact) mass is 757 g/mol. The summed E-state index contributed by atoms with van der Waals surface area (Å²) in [5, 5.41) is 0. The van der Waals surface area contributed by atoms with Crippen molar-refractivity contribution in [1.29, 1.82) is 0 Å². The summed E-state index contributed by atoms with van der Waals surface area (Å²) in [4.78, 5) is 9.07. The van der Waals surface area contributed by atoms with E-state index in [9.17, 15) is 0 Å². The van der Waals surface area contributed by atoms with Gasteiger partial charge in [-0.1, -0.05) is 103 Å². The quantitative estimate of drug-likeness (QED) is 0.168. The van der Waals surface area contributed by atoms with E-state index in [4.69, 9.17) is 0 Å². The summed E-state index contributed by atoms with van der Waals surface area (Å²) in [5.74, 6) is 0. The van der Waals surface area contributed by atoms with Crippen LogP contribution in [-0.4, -0.2) is 9.97 Å². The summed E-state index contributed by atoms with van der Waals surface area (Å²) in [7, 11) is 0. The molecule has 0 fully saturated rings. The maximum absolute atomic E-state index is 4.66. The number of aryl methyl sites for hydroxylation is 3. The Balaban J connectivity index is 0.000000234. The van der Waals surface area contributed by atoms with Crippen molar-refractivity contribution < 1.29 is 20.1 Å². The second-order valence-corrected chi connectivity index (χ2v) is 14.1. The molecule has 0 saturated heterocycles. The van der Waals surface area contributed by atoms with Gasteiger partial charge in [0.2, 0.25) is 0 Å². The van der Waals surface area contributed by atoms with Gasteiger partial charge in [-0.25, -0.2) is 0 Å². The Morgan fingerprint density at radius 1 is 0.636 bits per heavy atom. The molecule has 2 aromatic heterocycles. The first-order valence-corrected chi connectivity index (χ1v) is 15.2. The van der Waals surface area contributed by atoms with Crippen molar-refractivity contribution in [2.45, 2.75) is 85.5 Å². The van der Waals surface area contributed by atoms with Gasteiger partial charge >= 0.3 is 0 Å². The van der Waals surface area contributed by atoms with Crippen LogP contribution in [0.1, 0.15) is 81.8 Å². The van der Waals surface area contributed by atoms with E-state index in [0.29, 0.717) is 0 Å². The van der Waals surface area contributed by atoms with Crippen LogP contribution in [0.25, 0.3) is 33.6 Å². The predicted molar refractivity (Wildman–Crippen MR) is 181 cm³/mol. The fourth-order valence-corrected chi connectivity index (χ4v) is 5.79. The predicted octanol–water partition coefficient (Wildman–Crippen LogP) is 10.6. The van der Waals surface area contributed by atoms with E-state index < -0.39 is 0 Å². The number of pyridine rings is 2. The summed E-state index contributed by atoms with van der Waals surface area (Å²) in [6.07, 6.45) is 3.84. The Kier molecular flexibility index (Phi) is 9.55. The van der Waals surface area contributed by atoms with Crippen molar-refractivity contribution in [2.75, 3.05) is 0 Å². The fourth-order valence-electron chi connectivity index (χ4n) is 5.79. The molecule has 0 amide bonds. The number of rotatable bonds is 2. The van der Waals surface area contributed by atoms with Crippen molar-refractivity contribution in [3.8, 4) is 33.6 Å². The minimum atomic E-state index is 0. The van der Waals surface area contributed by atoms with Gasteiger partial charge in [0, 0.05) is 32.5 Å². The number of fused-ring (bicyclic) bond motifs is 3. The number of hydrogen-bond donors (Lipinski definition) is 0. The Hall–Kier alpha value is -3.39. The van der Waals surface area contributed by atoms with Crippen LogP contribution < -0.4 is 0 Å². The van der Waals surface area contributed by atoms with E-state index in [1.165, 1.54) is 44.5 Å². The third-order valence-electron chi connectivity index (χ3n) is 9.60. The van der Waals surface area contributed by atoms with E-state index in [1.807, 2.05) is 18.5 Å². The zero-order chi connectivity index (χ0) is 31.2. The Morgan fingerprint density at radius 3 is 1.95 bits per heavy atom. The van der Waals surface area contributed by atoms with E-state index >= 15 is 0 Å². The molecule has 0 atom stereocenters. The first-order chi connectivity index (χ1) is 20.2. The Bertz CT molecular complexity index is 1770. The topological polar surface area (TPSA) is 25.8 Å². The van der Waals surface area contributed by atoms with Crippen molar-refractivity contribution in [2.24, 2.45) is 0 Å². The maximum atomic E-state index is 4.66. The van der Waals surface area contributed by atoms with Crippen molar-refractivity contribution >= 4 is 0 Å². The van der Waals surface area contributed by atoms with E-state index in [1.54, 1.807) is 0 Å². The average molecular weight is 757 g/mol. The Labute approximate surface area is 278 Å². The molecular formula is C41H44IrN2-2. The van der Waals surface area contributed by atoms with Crippen LogP contribution >= 0.6 is 0 Å². The van der Waals surface area contributed by atoms with Crippen molar-refractivity contribution in [1.82, 2.24) is 9.97 Å². The number of hydrogen-bond acceptors (Lipinski definition) is 2. The minimum Gasteiger partial charge on any atom is -0.305 e. The second kappa shape index (κ2) is 12.5. The summed E-state index contributed by atoms with van der Waals surface area (Å²) in [5.41, 5.74) is 14.8. The van der Waals surface area contributed by atoms with E-state index in [0.717, 1.165) is 22.5 Å². The molecule has 0 saturated carbocycles. The first kappa shape index (κ1) is 33.5.